The Hall–Kier alpha value is -5.59. The van der Waals surface area contributed by atoms with E-state index < -0.39 is 0 Å². The lowest BCUT2D eigenvalue weighted by Gasteiger charge is -2.10. The molecule has 5 nitrogen and oxygen atoms in total. The van der Waals surface area contributed by atoms with Crippen molar-refractivity contribution >= 4 is 31.6 Å². The Bertz CT molecular complexity index is 2150. The Balaban J connectivity index is 1.24. The highest BCUT2D eigenvalue weighted by Crippen LogP contribution is 2.39. The summed E-state index contributed by atoms with van der Waals surface area (Å²) in [6, 6.07) is 47.0. The largest absolute Gasteiger partial charge is 0.227 e. The topological polar surface area (TPSA) is 64.5 Å². The lowest BCUT2D eigenvalue weighted by molar-refractivity contribution is 1.07. The van der Waals surface area contributed by atoms with Crippen LogP contribution in [0.3, 0.4) is 0 Å². The van der Waals surface area contributed by atoms with Gasteiger partial charge in [0.15, 0.2) is 23.3 Å². The van der Waals surface area contributed by atoms with Gasteiger partial charge in [0.2, 0.25) is 0 Å². The summed E-state index contributed by atoms with van der Waals surface area (Å²) in [5.74, 6) is 2.58. The Labute approximate surface area is 252 Å². The van der Waals surface area contributed by atoms with Gasteiger partial charge in [0.1, 0.15) is 4.83 Å². The van der Waals surface area contributed by atoms with Gasteiger partial charge in [0, 0.05) is 43.3 Å². The van der Waals surface area contributed by atoms with Crippen molar-refractivity contribution in [3.8, 4) is 56.8 Å². The molecule has 0 N–H and O–H groups in total. The fourth-order valence-electron chi connectivity index (χ4n) is 5.26. The van der Waals surface area contributed by atoms with Gasteiger partial charge in [-0.2, -0.15) is 0 Å². The van der Waals surface area contributed by atoms with E-state index in [1.807, 2.05) is 91.0 Å². The van der Waals surface area contributed by atoms with E-state index in [1.165, 1.54) is 10.1 Å². The molecule has 0 atom stereocenters. The zero-order valence-electron chi connectivity index (χ0n) is 22.9. The second kappa shape index (κ2) is 10.7. The molecule has 0 radical (unpaired) electrons. The van der Waals surface area contributed by atoms with Crippen molar-refractivity contribution in [1.29, 1.82) is 0 Å². The van der Waals surface area contributed by atoms with Crippen LogP contribution in [0.1, 0.15) is 0 Å². The average Bonchev–Trinajstić information content (AvgIpc) is 3.47. The van der Waals surface area contributed by atoms with Crippen LogP contribution in [0.15, 0.2) is 140 Å². The van der Waals surface area contributed by atoms with E-state index in [2.05, 4.69) is 48.5 Å². The number of nitrogens with zero attached hydrogens (tertiary/aromatic N) is 5. The molecule has 0 spiro atoms. The van der Waals surface area contributed by atoms with Crippen LogP contribution >= 0.6 is 11.3 Å². The maximum Gasteiger partial charge on any atom is 0.164 e. The van der Waals surface area contributed by atoms with Gasteiger partial charge in [0.05, 0.1) is 5.69 Å². The Morgan fingerprint density at radius 1 is 0.349 bits per heavy atom. The van der Waals surface area contributed by atoms with Crippen LogP contribution < -0.4 is 0 Å². The second-order valence-electron chi connectivity index (χ2n) is 10.2. The summed E-state index contributed by atoms with van der Waals surface area (Å²) in [4.78, 5) is 25.7. The molecule has 3 aromatic heterocycles. The van der Waals surface area contributed by atoms with E-state index in [0.717, 1.165) is 43.7 Å². The van der Waals surface area contributed by atoms with Gasteiger partial charge >= 0.3 is 0 Å². The second-order valence-corrected chi connectivity index (χ2v) is 11.2. The molecule has 43 heavy (non-hydrogen) atoms. The smallest absolute Gasteiger partial charge is 0.164 e. The molecule has 0 saturated carbocycles. The molecule has 0 unspecified atom stereocenters. The van der Waals surface area contributed by atoms with Crippen molar-refractivity contribution in [2.24, 2.45) is 0 Å². The van der Waals surface area contributed by atoms with E-state index in [9.17, 15) is 0 Å². The van der Waals surface area contributed by atoms with Crippen molar-refractivity contribution in [2.75, 3.05) is 0 Å². The van der Waals surface area contributed by atoms with Crippen LogP contribution in [0, 0.1) is 0 Å². The van der Waals surface area contributed by atoms with Gasteiger partial charge in [-0.15, -0.1) is 11.3 Å². The fraction of sp³-hybridized carbons (Fsp3) is 0. The molecule has 8 rings (SSSR count). The molecule has 0 fully saturated rings. The summed E-state index contributed by atoms with van der Waals surface area (Å²) in [5.41, 5.74) is 5.73. The quantitative estimate of drug-likeness (QED) is 0.207. The third-order valence-electron chi connectivity index (χ3n) is 7.39. The minimum Gasteiger partial charge on any atom is -0.227 e. The van der Waals surface area contributed by atoms with Gasteiger partial charge in [-0.3, -0.25) is 0 Å². The molecule has 0 saturated heterocycles. The maximum atomic E-state index is 5.13. The van der Waals surface area contributed by atoms with Crippen LogP contribution in [0.4, 0.5) is 0 Å². The Kier molecular flexibility index (Phi) is 6.24. The van der Waals surface area contributed by atoms with E-state index in [1.54, 1.807) is 11.3 Å². The first-order valence-corrected chi connectivity index (χ1v) is 14.8. The van der Waals surface area contributed by atoms with Gasteiger partial charge in [-0.25, -0.2) is 24.9 Å². The summed E-state index contributed by atoms with van der Waals surface area (Å²) in [7, 11) is 0. The predicted octanol–water partition coefficient (Wildman–Crippen LogP) is 9.36. The molecule has 8 aromatic rings. The number of fused-ring (bicyclic) bond motifs is 3. The molecule has 5 aromatic carbocycles. The monoisotopic (exact) mass is 569 g/mol. The van der Waals surface area contributed by atoms with Gasteiger partial charge in [-0.05, 0) is 6.07 Å². The van der Waals surface area contributed by atoms with Gasteiger partial charge in [0.25, 0.3) is 0 Å². The molecule has 0 bridgehead atoms. The van der Waals surface area contributed by atoms with E-state index >= 15 is 0 Å². The molecular weight excluding hydrogens is 547 g/mol. The lowest BCUT2D eigenvalue weighted by Crippen LogP contribution is -2.00. The number of aromatic nitrogens is 5. The SMILES string of the molecule is c1ccc(-c2nc(-c3ccccc3)nc(-c3ccc(-c4nc(-c5ccccc5)c5c(n4)sc4ccccc45)cc3)n2)cc1. The molecule has 0 amide bonds. The molecule has 0 aliphatic heterocycles. The molecule has 3 heterocycles. The summed E-state index contributed by atoms with van der Waals surface area (Å²) in [6.07, 6.45) is 0. The predicted molar refractivity (Wildman–Crippen MR) is 175 cm³/mol. The summed E-state index contributed by atoms with van der Waals surface area (Å²) in [6.45, 7) is 0. The highest BCUT2D eigenvalue weighted by Gasteiger charge is 2.17. The highest BCUT2D eigenvalue weighted by atomic mass is 32.1. The number of rotatable bonds is 5. The number of benzene rings is 5. The number of hydrogen-bond donors (Lipinski definition) is 0. The van der Waals surface area contributed by atoms with Crippen LogP contribution in [-0.4, -0.2) is 24.9 Å². The molecular formula is C37H23N5S. The zero-order chi connectivity index (χ0) is 28.6. The van der Waals surface area contributed by atoms with Crippen molar-refractivity contribution in [3.63, 3.8) is 0 Å². The lowest BCUT2D eigenvalue weighted by atomic mass is 10.1. The zero-order valence-corrected chi connectivity index (χ0v) is 23.7. The normalized spacial score (nSPS) is 11.3. The first kappa shape index (κ1) is 25.1. The van der Waals surface area contributed by atoms with Crippen molar-refractivity contribution in [3.05, 3.63) is 140 Å². The van der Waals surface area contributed by atoms with Crippen LogP contribution in [0.2, 0.25) is 0 Å². The van der Waals surface area contributed by atoms with Crippen LogP contribution in [-0.2, 0) is 0 Å². The Morgan fingerprint density at radius 3 is 1.30 bits per heavy atom. The molecule has 202 valence electrons. The average molecular weight is 570 g/mol. The number of hydrogen-bond acceptors (Lipinski definition) is 6. The fourth-order valence-corrected chi connectivity index (χ4v) is 6.34. The summed E-state index contributed by atoms with van der Waals surface area (Å²) < 4.78 is 1.20. The van der Waals surface area contributed by atoms with Crippen molar-refractivity contribution in [1.82, 2.24) is 24.9 Å². The standard InChI is InChI=1S/C37H23N5S/c1-4-12-24(13-5-1)32-31-29-18-10-11-19-30(29)43-37(31)42-33(38-32)27-20-22-28(23-21-27)36-40-34(25-14-6-2-7-15-25)39-35(41-36)26-16-8-3-9-17-26/h1-23H. The minimum atomic E-state index is 0.616. The van der Waals surface area contributed by atoms with Crippen LogP contribution in [0.25, 0.3) is 77.1 Å². The van der Waals surface area contributed by atoms with E-state index in [-0.39, 0.29) is 0 Å². The first-order chi connectivity index (χ1) is 21.3. The van der Waals surface area contributed by atoms with E-state index in [0.29, 0.717) is 23.3 Å². The first-order valence-electron chi connectivity index (χ1n) is 14.0. The van der Waals surface area contributed by atoms with Gasteiger partial charge < -0.3 is 0 Å². The van der Waals surface area contributed by atoms with Crippen LogP contribution in [0.5, 0.6) is 0 Å². The van der Waals surface area contributed by atoms with E-state index in [4.69, 9.17) is 24.9 Å². The van der Waals surface area contributed by atoms with Crippen molar-refractivity contribution < 1.29 is 0 Å². The summed E-state index contributed by atoms with van der Waals surface area (Å²) in [5, 5.41) is 2.28. The Morgan fingerprint density at radius 2 is 0.767 bits per heavy atom. The summed E-state index contributed by atoms with van der Waals surface area (Å²) >= 11 is 1.70. The van der Waals surface area contributed by atoms with Gasteiger partial charge in [-0.1, -0.05) is 133 Å². The maximum absolute atomic E-state index is 5.13. The third kappa shape index (κ3) is 4.74. The minimum absolute atomic E-state index is 0.616. The molecule has 0 aliphatic carbocycles. The molecule has 6 heteroatoms. The number of thiophene rings is 1. The van der Waals surface area contributed by atoms with Crippen molar-refractivity contribution in [2.45, 2.75) is 0 Å². The molecule has 0 aliphatic rings. The third-order valence-corrected chi connectivity index (χ3v) is 8.45. The highest BCUT2D eigenvalue weighted by molar-refractivity contribution is 7.25.